The van der Waals surface area contributed by atoms with Crippen molar-refractivity contribution in [2.24, 2.45) is 5.92 Å². The fourth-order valence-corrected chi connectivity index (χ4v) is 3.03. The van der Waals surface area contributed by atoms with E-state index in [0.29, 0.717) is 17.3 Å². The van der Waals surface area contributed by atoms with E-state index in [1.165, 1.54) is 12.8 Å². The summed E-state index contributed by atoms with van der Waals surface area (Å²) in [4.78, 5) is 16.7. The van der Waals surface area contributed by atoms with Crippen LogP contribution in [0.4, 0.5) is 5.82 Å². The third-order valence-corrected chi connectivity index (χ3v) is 4.21. The third-order valence-electron chi connectivity index (χ3n) is 4.21. The van der Waals surface area contributed by atoms with Crippen molar-refractivity contribution < 1.29 is 9.53 Å². The number of nitrogens with one attached hydrogen (secondary N) is 1. The van der Waals surface area contributed by atoms with Gasteiger partial charge in [-0.2, -0.15) is 0 Å². The maximum Gasteiger partial charge on any atom is 0.251 e. The Morgan fingerprint density at radius 2 is 2.24 bits per heavy atom. The second kappa shape index (κ2) is 6.02. The van der Waals surface area contributed by atoms with E-state index >= 15 is 0 Å². The molecular formula is C16H23N3O2. The Morgan fingerprint density at radius 1 is 1.43 bits per heavy atom. The summed E-state index contributed by atoms with van der Waals surface area (Å²) in [5, 5.41) is 3.12. The Bertz CT molecular complexity index is 528. The maximum atomic E-state index is 12.4. The van der Waals surface area contributed by atoms with Gasteiger partial charge in [-0.15, -0.1) is 0 Å². The third kappa shape index (κ3) is 3.35. The molecular weight excluding hydrogens is 266 g/mol. The minimum Gasteiger partial charge on any atom is -0.384 e. The van der Waals surface area contributed by atoms with E-state index in [1.54, 1.807) is 6.07 Å². The first-order valence-corrected chi connectivity index (χ1v) is 7.86. The molecule has 1 aromatic heterocycles. The van der Waals surface area contributed by atoms with E-state index in [0.717, 1.165) is 31.6 Å². The molecule has 2 fully saturated rings. The molecule has 1 aliphatic carbocycles. The van der Waals surface area contributed by atoms with Crippen LogP contribution in [0.25, 0.3) is 0 Å². The number of hydrogen-bond donors (Lipinski definition) is 2. The molecule has 21 heavy (non-hydrogen) atoms. The molecule has 1 amide bonds. The van der Waals surface area contributed by atoms with Crippen molar-refractivity contribution in [3.05, 3.63) is 23.4 Å². The Hall–Kier alpha value is -1.62. The van der Waals surface area contributed by atoms with Crippen LogP contribution >= 0.6 is 0 Å². The lowest BCUT2D eigenvalue weighted by molar-refractivity contribution is 0.0729. The van der Waals surface area contributed by atoms with Gasteiger partial charge in [0.15, 0.2) is 0 Å². The number of carbonyl (C=O) groups is 1. The van der Waals surface area contributed by atoms with E-state index in [2.05, 4.69) is 17.2 Å². The normalized spacial score (nSPS) is 25.0. The fourth-order valence-electron chi connectivity index (χ4n) is 3.03. The van der Waals surface area contributed by atoms with Gasteiger partial charge in [-0.25, -0.2) is 4.98 Å². The molecule has 0 aromatic carbocycles. The molecule has 1 saturated carbocycles. The lowest BCUT2D eigenvalue weighted by Crippen LogP contribution is -2.41. The number of aryl methyl sites for hydroxylation is 1. The highest BCUT2D eigenvalue weighted by molar-refractivity contribution is 5.95. The first-order valence-electron chi connectivity index (χ1n) is 7.86. The molecule has 2 heterocycles. The molecule has 0 bridgehead atoms. The van der Waals surface area contributed by atoms with Gasteiger partial charge in [0.2, 0.25) is 0 Å². The first-order chi connectivity index (χ1) is 10.2. The van der Waals surface area contributed by atoms with Gasteiger partial charge >= 0.3 is 0 Å². The van der Waals surface area contributed by atoms with Crippen LogP contribution in [-0.4, -0.2) is 29.6 Å². The van der Waals surface area contributed by atoms with E-state index in [1.807, 2.05) is 6.07 Å². The van der Waals surface area contributed by atoms with Gasteiger partial charge in [-0.1, -0.05) is 13.3 Å². The van der Waals surface area contributed by atoms with Crippen LogP contribution in [-0.2, 0) is 11.2 Å². The number of hydrogen-bond acceptors (Lipinski definition) is 4. The van der Waals surface area contributed by atoms with Gasteiger partial charge in [0.25, 0.3) is 5.91 Å². The second-order valence-electron chi connectivity index (χ2n) is 6.06. The van der Waals surface area contributed by atoms with Crippen molar-refractivity contribution >= 4 is 11.7 Å². The number of anilines is 1. The predicted octanol–water partition coefficient (Wildman–Crippen LogP) is 1.91. The minimum atomic E-state index is -0.0670. The molecule has 5 nitrogen and oxygen atoms in total. The summed E-state index contributed by atoms with van der Waals surface area (Å²) < 4.78 is 5.76. The molecule has 1 aliphatic heterocycles. The van der Waals surface area contributed by atoms with E-state index in [4.69, 9.17) is 10.5 Å². The highest BCUT2D eigenvalue weighted by Crippen LogP contribution is 2.38. The van der Waals surface area contributed by atoms with E-state index in [9.17, 15) is 4.79 Å². The Labute approximate surface area is 125 Å². The molecule has 114 valence electrons. The summed E-state index contributed by atoms with van der Waals surface area (Å²) in [6.07, 6.45) is 5.36. The molecule has 1 aromatic rings. The van der Waals surface area contributed by atoms with Gasteiger partial charge in [0.1, 0.15) is 5.82 Å². The van der Waals surface area contributed by atoms with Crippen molar-refractivity contribution in [3.8, 4) is 0 Å². The van der Waals surface area contributed by atoms with Crippen LogP contribution < -0.4 is 11.1 Å². The average Bonchev–Trinajstić information content (AvgIpc) is 3.19. The zero-order valence-electron chi connectivity index (χ0n) is 12.5. The standard InChI is InChI=1S/C16H23N3O2/c1-2-3-12-8-11(9-14(17)18-12)16(20)19-13-6-7-21-15(13)10-4-5-10/h8-10,13,15H,2-7H2,1H3,(H2,17,18)(H,19,20). The quantitative estimate of drug-likeness (QED) is 0.868. The molecule has 5 heteroatoms. The van der Waals surface area contributed by atoms with Crippen LogP contribution in [0.15, 0.2) is 12.1 Å². The topological polar surface area (TPSA) is 77.2 Å². The molecule has 2 aliphatic rings. The summed E-state index contributed by atoms with van der Waals surface area (Å²) in [5.41, 5.74) is 7.29. The predicted molar refractivity (Wildman–Crippen MR) is 81.0 cm³/mol. The lowest BCUT2D eigenvalue weighted by Gasteiger charge is -2.19. The number of carbonyl (C=O) groups excluding carboxylic acids is 1. The smallest absolute Gasteiger partial charge is 0.251 e. The number of nitrogen functional groups attached to an aromatic ring is 1. The molecule has 2 atom stereocenters. The number of aromatic nitrogens is 1. The summed E-state index contributed by atoms with van der Waals surface area (Å²) in [7, 11) is 0. The Morgan fingerprint density at radius 3 is 2.95 bits per heavy atom. The number of ether oxygens (including phenoxy) is 1. The monoisotopic (exact) mass is 289 g/mol. The molecule has 0 spiro atoms. The second-order valence-corrected chi connectivity index (χ2v) is 6.06. The summed E-state index contributed by atoms with van der Waals surface area (Å²) in [6.45, 7) is 2.83. The van der Waals surface area contributed by atoms with Gasteiger partial charge < -0.3 is 15.8 Å². The zero-order valence-corrected chi connectivity index (χ0v) is 12.5. The highest BCUT2D eigenvalue weighted by Gasteiger charge is 2.41. The SMILES string of the molecule is CCCc1cc(C(=O)NC2CCOC2C2CC2)cc(N)n1. The molecule has 3 rings (SSSR count). The number of amides is 1. The molecule has 0 radical (unpaired) electrons. The first kappa shape index (κ1) is 14.3. The average molecular weight is 289 g/mol. The zero-order chi connectivity index (χ0) is 14.8. The summed E-state index contributed by atoms with van der Waals surface area (Å²) in [6, 6.07) is 3.63. The van der Waals surface area contributed by atoms with Gasteiger partial charge in [-0.3, -0.25) is 4.79 Å². The summed E-state index contributed by atoms with van der Waals surface area (Å²) >= 11 is 0. The fraction of sp³-hybridized carbons (Fsp3) is 0.625. The van der Waals surface area contributed by atoms with Crippen LogP contribution in [0.3, 0.4) is 0 Å². The van der Waals surface area contributed by atoms with Crippen LogP contribution in [0.1, 0.15) is 48.7 Å². The summed E-state index contributed by atoms with van der Waals surface area (Å²) in [5.74, 6) is 0.978. The maximum absolute atomic E-state index is 12.4. The molecule has 2 unspecified atom stereocenters. The number of pyridine rings is 1. The minimum absolute atomic E-state index is 0.0670. The highest BCUT2D eigenvalue weighted by atomic mass is 16.5. The van der Waals surface area contributed by atoms with Crippen LogP contribution in [0.2, 0.25) is 0 Å². The van der Waals surface area contributed by atoms with Gasteiger partial charge in [0.05, 0.1) is 12.1 Å². The molecule has 1 saturated heterocycles. The Kier molecular flexibility index (Phi) is 4.10. The number of nitrogens with two attached hydrogens (primary N) is 1. The van der Waals surface area contributed by atoms with Crippen molar-refractivity contribution in [3.63, 3.8) is 0 Å². The number of nitrogens with zero attached hydrogens (tertiary/aromatic N) is 1. The van der Waals surface area contributed by atoms with Gasteiger partial charge in [0, 0.05) is 17.9 Å². The lowest BCUT2D eigenvalue weighted by atomic mass is 10.1. The van der Waals surface area contributed by atoms with Crippen molar-refractivity contribution in [2.45, 2.75) is 51.2 Å². The van der Waals surface area contributed by atoms with Crippen molar-refractivity contribution in [2.75, 3.05) is 12.3 Å². The van der Waals surface area contributed by atoms with Crippen molar-refractivity contribution in [1.29, 1.82) is 0 Å². The number of rotatable bonds is 5. The van der Waals surface area contributed by atoms with Crippen LogP contribution in [0, 0.1) is 5.92 Å². The van der Waals surface area contributed by atoms with Crippen molar-refractivity contribution in [1.82, 2.24) is 10.3 Å². The van der Waals surface area contributed by atoms with E-state index in [-0.39, 0.29) is 18.1 Å². The van der Waals surface area contributed by atoms with Gasteiger partial charge in [-0.05, 0) is 43.7 Å². The van der Waals surface area contributed by atoms with Crippen LogP contribution in [0.5, 0.6) is 0 Å². The van der Waals surface area contributed by atoms with E-state index < -0.39 is 0 Å². The molecule has 3 N–H and O–H groups in total. The Balaban J connectivity index is 1.69. The largest absolute Gasteiger partial charge is 0.384 e.